The largest absolute Gasteiger partial charge is 0.383 e. The van der Waals surface area contributed by atoms with E-state index in [-0.39, 0.29) is 43.0 Å². The second-order valence-electron chi connectivity index (χ2n) is 8.47. The molecule has 0 bridgehead atoms. The number of nitrogens with zero attached hydrogens (tertiary/aromatic N) is 1. The Morgan fingerprint density at radius 1 is 1.18 bits per heavy atom. The smallest absolute Gasteiger partial charge is 0.275 e. The molecule has 3 aromatic rings. The highest BCUT2D eigenvalue weighted by Gasteiger charge is 2.38. The van der Waals surface area contributed by atoms with Gasteiger partial charge in [0.1, 0.15) is 0 Å². The number of hydrogen-bond acceptors (Lipinski definition) is 6. The molecule has 0 saturated carbocycles. The first-order valence-corrected chi connectivity index (χ1v) is 12.8. The lowest BCUT2D eigenvalue weighted by Crippen LogP contribution is -2.23. The van der Waals surface area contributed by atoms with Gasteiger partial charge in [0, 0.05) is 41.8 Å². The van der Waals surface area contributed by atoms with Crippen LogP contribution in [0.25, 0.3) is 10.9 Å². The highest BCUT2D eigenvalue weighted by molar-refractivity contribution is 7.91. The molecule has 0 fully saturated rings. The van der Waals surface area contributed by atoms with E-state index in [1.807, 2.05) is 31.2 Å². The average Bonchev–Trinajstić information content (AvgIpc) is 2.90. The topological polar surface area (TPSA) is 97.1 Å². The predicted molar refractivity (Wildman–Crippen MR) is 129 cm³/mol. The molecule has 0 spiro atoms. The third kappa shape index (κ3) is 5.25. The maximum Gasteiger partial charge on any atom is 0.275 e. The first kappa shape index (κ1) is 23.4. The zero-order chi connectivity index (χ0) is 23.6. The van der Waals surface area contributed by atoms with Gasteiger partial charge < -0.3 is 16.4 Å². The van der Waals surface area contributed by atoms with E-state index in [2.05, 4.69) is 10.6 Å². The average molecular weight is 475 g/mol. The SMILES string of the molecule is Cc1ccc2nc(C3CCC(F)(F)c4ccccc4N3)cc(NCCS(=O)(=O)CCN)c2c1. The minimum Gasteiger partial charge on any atom is -0.383 e. The minimum absolute atomic E-state index is 0.00706. The van der Waals surface area contributed by atoms with Gasteiger partial charge in [0.05, 0.1) is 28.8 Å². The Hall–Kier alpha value is -2.78. The molecule has 33 heavy (non-hydrogen) atoms. The van der Waals surface area contributed by atoms with E-state index in [0.29, 0.717) is 11.4 Å². The van der Waals surface area contributed by atoms with Crippen molar-refractivity contribution in [3.63, 3.8) is 0 Å². The number of fused-ring (bicyclic) bond motifs is 2. The summed E-state index contributed by atoms with van der Waals surface area (Å²) >= 11 is 0. The third-order valence-corrected chi connectivity index (χ3v) is 7.58. The van der Waals surface area contributed by atoms with Gasteiger partial charge >= 0.3 is 0 Å². The molecule has 176 valence electrons. The quantitative estimate of drug-likeness (QED) is 0.471. The van der Waals surface area contributed by atoms with Gasteiger partial charge in [0.25, 0.3) is 5.92 Å². The monoisotopic (exact) mass is 474 g/mol. The van der Waals surface area contributed by atoms with Crippen molar-refractivity contribution in [1.29, 1.82) is 0 Å². The summed E-state index contributed by atoms with van der Waals surface area (Å²) in [6, 6.07) is 13.7. The zero-order valence-electron chi connectivity index (χ0n) is 18.4. The van der Waals surface area contributed by atoms with Crippen molar-refractivity contribution in [2.24, 2.45) is 5.73 Å². The predicted octanol–water partition coefficient (Wildman–Crippen LogP) is 4.37. The molecule has 0 saturated heterocycles. The summed E-state index contributed by atoms with van der Waals surface area (Å²) in [7, 11) is -3.24. The molecule has 4 rings (SSSR count). The summed E-state index contributed by atoms with van der Waals surface area (Å²) in [5.41, 5.74) is 8.90. The van der Waals surface area contributed by atoms with Crippen LogP contribution in [-0.4, -0.2) is 38.0 Å². The molecule has 2 heterocycles. The second-order valence-corrected chi connectivity index (χ2v) is 10.8. The number of nitrogens with two attached hydrogens (primary N) is 1. The minimum atomic E-state index is -3.24. The number of pyridine rings is 1. The third-order valence-electron chi connectivity index (χ3n) is 5.90. The number of nitrogens with one attached hydrogen (secondary N) is 2. The fourth-order valence-electron chi connectivity index (χ4n) is 4.18. The van der Waals surface area contributed by atoms with Crippen LogP contribution >= 0.6 is 0 Å². The Bertz CT molecular complexity index is 1260. The molecule has 1 unspecified atom stereocenters. The van der Waals surface area contributed by atoms with Crippen LogP contribution in [0.4, 0.5) is 20.2 Å². The van der Waals surface area contributed by atoms with Crippen LogP contribution in [0.1, 0.15) is 35.7 Å². The van der Waals surface area contributed by atoms with E-state index in [1.54, 1.807) is 18.2 Å². The lowest BCUT2D eigenvalue weighted by Gasteiger charge is -2.20. The molecule has 6 nitrogen and oxygen atoms in total. The summed E-state index contributed by atoms with van der Waals surface area (Å²) in [6.07, 6.45) is -0.0915. The molecule has 1 aromatic heterocycles. The molecule has 0 amide bonds. The zero-order valence-corrected chi connectivity index (χ0v) is 19.3. The van der Waals surface area contributed by atoms with Gasteiger partial charge in [-0.1, -0.05) is 29.8 Å². The Kier molecular flexibility index (Phi) is 6.54. The van der Waals surface area contributed by atoms with E-state index in [4.69, 9.17) is 10.7 Å². The summed E-state index contributed by atoms with van der Waals surface area (Å²) in [5.74, 6) is -3.03. The van der Waals surface area contributed by atoms with Crippen LogP contribution in [0.2, 0.25) is 0 Å². The van der Waals surface area contributed by atoms with Crippen LogP contribution < -0.4 is 16.4 Å². The Balaban J connectivity index is 1.68. The van der Waals surface area contributed by atoms with Crippen LogP contribution in [0.15, 0.2) is 48.5 Å². The summed E-state index contributed by atoms with van der Waals surface area (Å²) in [4.78, 5) is 4.77. The highest BCUT2D eigenvalue weighted by atomic mass is 32.2. The molecule has 2 aromatic carbocycles. The number of hydrogen-bond donors (Lipinski definition) is 3. The van der Waals surface area contributed by atoms with Crippen molar-refractivity contribution in [3.8, 4) is 0 Å². The van der Waals surface area contributed by atoms with Crippen molar-refractivity contribution in [2.45, 2.75) is 31.7 Å². The van der Waals surface area contributed by atoms with Gasteiger partial charge in [-0.25, -0.2) is 17.2 Å². The van der Waals surface area contributed by atoms with Crippen LogP contribution in [-0.2, 0) is 15.8 Å². The number of rotatable bonds is 7. The Labute approximate surface area is 192 Å². The first-order valence-electron chi connectivity index (χ1n) is 11.0. The molecule has 0 aliphatic carbocycles. The van der Waals surface area contributed by atoms with Crippen molar-refractivity contribution in [1.82, 2.24) is 4.98 Å². The van der Waals surface area contributed by atoms with Gasteiger partial charge in [0.15, 0.2) is 9.84 Å². The Morgan fingerprint density at radius 3 is 2.76 bits per heavy atom. The van der Waals surface area contributed by atoms with E-state index < -0.39 is 21.8 Å². The standard InChI is InChI=1S/C24H28F2N4O2S/c1-16-6-7-19-17(14-16)22(28-11-13-33(31,32)12-10-27)15-23(29-19)21-8-9-24(25,26)18-4-2-3-5-20(18)30-21/h2-7,14-15,21,30H,8-13,27H2,1H3,(H,28,29). The van der Waals surface area contributed by atoms with E-state index in [0.717, 1.165) is 22.2 Å². The van der Waals surface area contributed by atoms with E-state index in [1.165, 1.54) is 6.07 Å². The molecule has 1 aliphatic rings. The number of aromatic nitrogens is 1. The second kappa shape index (κ2) is 9.23. The number of anilines is 2. The van der Waals surface area contributed by atoms with Crippen LogP contribution in [0.5, 0.6) is 0 Å². The van der Waals surface area contributed by atoms with Gasteiger partial charge in [-0.2, -0.15) is 0 Å². The fourth-order valence-corrected chi connectivity index (χ4v) is 5.15. The molecule has 4 N–H and O–H groups in total. The number of halogens is 2. The number of aryl methyl sites for hydroxylation is 1. The van der Waals surface area contributed by atoms with Crippen LogP contribution in [0.3, 0.4) is 0 Å². The number of para-hydroxylation sites is 1. The molecule has 9 heteroatoms. The van der Waals surface area contributed by atoms with Gasteiger partial charge in [0.2, 0.25) is 0 Å². The summed E-state index contributed by atoms with van der Waals surface area (Å²) in [6.45, 7) is 2.27. The van der Waals surface area contributed by atoms with Gasteiger partial charge in [-0.3, -0.25) is 4.98 Å². The van der Waals surface area contributed by atoms with Gasteiger partial charge in [-0.15, -0.1) is 0 Å². The summed E-state index contributed by atoms with van der Waals surface area (Å²) in [5, 5.41) is 7.33. The lowest BCUT2D eigenvalue weighted by atomic mass is 10.0. The number of alkyl halides is 2. The fraction of sp³-hybridized carbons (Fsp3) is 0.375. The summed E-state index contributed by atoms with van der Waals surface area (Å²) < 4.78 is 53.6. The molecular formula is C24H28F2N4O2S. The van der Waals surface area contributed by atoms with Crippen molar-refractivity contribution in [3.05, 3.63) is 65.4 Å². The number of sulfone groups is 1. The van der Waals surface area contributed by atoms with E-state index in [9.17, 15) is 17.2 Å². The van der Waals surface area contributed by atoms with Crippen molar-refractivity contribution >= 4 is 32.1 Å². The molecular weight excluding hydrogens is 446 g/mol. The maximum absolute atomic E-state index is 14.7. The lowest BCUT2D eigenvalue weighted by molar-refractivity contribution is -0.0137. The Morgan fingerprint density at radius 2 is 1.97 bits per heavy atom. The maximum atomic E-state index is 14.7. The van der Waals surface area contributed by atoms with Gasteiger partial charge in [-0.05, 0) is 37.6 Å². The number of benzene rings is 2. The first-order chi connectivity index (χ1) is 15.7. The van der Waals surface area contributed by atoms with Crippen molar-refractivity contribution < 1.29 is 17.2 Å². The molecule has 1 aliphatic heterocycles. The molecule has 1 atom stereocenters. The van der Waals surface area contributed by atoms with Crippen molar-refractivity contribution in [2.75, 3.05) is 35.2 Å². The molecule has 0 radical (unpaired) electrons. The van der Waals surface area contributed by atoms with E-state index >= 15 is 0 Å². The van der Waals surface area contributed by atoms with Crippen LogP contribution in [0, 0.1) is 6.92 Å². The normalized spacial score (nSPS) is 17.8. The highest BCUT2D eigenvalue weighted by Crippen LogP contribution is 2.44.